The van der Waals surface area contributed by atoms with E-state index in [4.69, 9.17) is 4.74 Å². The molecular weight excluding hydrogens is 315 g/mol. The molecule has 0 fully saturated rings. The number of fused-ring (bicyclic) bond motifs is 1. The summed E-state index contributed by atoms with van der Waals surface area (Å²) >= 11 is 0. The molecule has 1 aliphatic heterocycles. The van der Waals surface area contributed by atoms with E-state index in [-0.39, 0.29) is 23.7 Å². The highest BCUT2D eigenvalue weighted by Gasteiger charge is 2.32. The molecule has 0 aromatic heterocycles. The third-order valence-corrected chi connectivity index (χ3v) is 4.59. The zero-order valence-electron chi connectivity index (χ0n) is 13.9. The second kappa shape index (κ2) is 6.48. The van der Waals surface area contributed by atoms with Crippen molar-refractivity contribution in [3.63, 3.8) is 0 Å². The van der Waals surface area contributed by atoms with Crippen molar-refractivity contribution in [2.45, 2.75) is 12.1 Å². The number of nitrogens with one attached hydrogen (secondary N) is 2. The first-order chi connectivity index (χ1) is 12.3. The Bertz CT molecular complexity index is 868. The Hall–Kier alpha value is -3.01. The van der Waals surface area contributed by atoms with Gasteiger partial charge in [0, 0.05) is 0 Å². The van der Waals surface area contributed by atoms with Crippen LogP contribution in [0, 0.1) is 5.82 Å². The molecule has 0 saturated carbocycles. The SMILES string of the molecule is COc1ccc2c(c1F)NC(c1ccccc1)C(c1ccccc1)N2. The molecule has 0 bridgehead atoms. The van der Waals surface area contributed by atoms with E-state index in [1.807, 2.05) is 42.5 Å². The minimum Gasteiger partial charge on any atom is -0.494 e. The van der Waals surface area contributed by atoms with Crippen molar-refractivity contribution in [1.29, 1.82) is 0 Å². The molecule has 4 rings (SSSR count). The van der Waals surface area contributed by atoms with Gasteiger partial charge in [-0.15, -0.1) is 0 Å². The van der Waals surface area contributed by atoms with Gasteiger partial charge in [-0.1, -0.05) is 60.7 Å². The number of hydrogen-bond donors (Lipinski definition) is 2. The van der Waals surface area contributed by atoms with E-state index in [0.717, 1.165) is 16.8 Å². The summed E-state index contributed by atoms with van der Waals surface area (Å²) in [5.74, 6) is -0.141. The number of anilines is 2. The van der Waals surface area contributed by atoms with Crippen molar-refractivity contribution in [2.75, 3.05) is 17.7 Å². The summed E-state index contributed by atoms with van der Waals surface area (Å²) in [5.41, 5.74) is 3.42. The first kappa shape index (κ1) is 15.5. The van der Waals surface area contributed by atoms with E-state index in [1.54, 1.807) is 6.07 Å². The first-order valence-corrected chi connectivity index (χ1v) is 8.27. The highest BCUT2D eigenvalue weighted by atomic mass is 19.1. The van der Waals surface area contributed by atoms with E-state index >= 15 is 0 Å². The van der Waals surface area contributed by atoms with Crippen LogP contribution in [-0.4, -0.2) is 7.11 Å². The molecule has 4 heteroatoms. The van der Waals surface area contributed by atoms with E-state index in [0.29, 0.717) is 5.69 Å². The summed E-state index contributed by atoms with van der Waals surface area (Å²) in [6.45, 7) is 0. The summed E-state index contributed by atoms with van der Waals surface area (Å²) in [5, 5.41) is 6.88. The molecule has 3 aromatic rings. The van der Waals surface area contributed by atoms with Crippen molar-refractivity contribution >= 4 is 11.4 Å². The molecule has 0 aliphatic carbocycles. The van der Waals surface area contributed by atoms with Gasteiger partial charge in [0.2, 0.25) is 0 Å². The largest absolute Gasteiger partial charge is 0.494 e. The highest BCUT2D eigenvalue weighted by Crippen LogP contribution is 2.44. The molecule has 0 amide bonds. The van der Waals surface area contributed by atoms with Crippen molar-refractivity contribution in [2.24, 2.45) is 0 Å². The van der Waals surface area contributed by atoms with Crippen LogP contribution in [-0.2, 0) is 0 Å². The molecule has 0 saturated heterocycles. The number of hydrogen-bond acceptors (Lipinski definition) is 3. The molecule has 0 radical (unpaired) electrons. The van der Waals surface area contributed by atoms with Gasteiger partial charge in [0.1, 0.15) is 0 Å². The van der Waals surface area contributed by atoms with Gasteiger partial charge < -0.3 is 15.4 Å². The smallest absolute Gasteiger partial charge is 0.190 e. The molecular formula is C21H19FN2O. The second-order valence-corrected chi connectivity index (χ2v) is 6.07. The number of rotatable bonds is 3. The minimum absolute atomic E-state index is 0.0103. The Kier molecular flexibility index (Phi) is 4.02. The van der Waals surface area contributed by atoms with Crippen LogP contribution in [0.2, 0.25) is 0 Å². The van der Waals surface area contributed by atoms with E-state index < -0.39 is 0 Å². The molecule has 3 aromatic carbocycles. The maximum Gasteiger partial charge on any atom is 0.190 e. The molecule has 2 unspecified atom stereocenters. The number of methoxy groups -OCH3 is 1. The predicted octanol–water partition coefficient (Wildman–Crippen LogP) is 5.15. The van der Waals surface area contributed by atoms with Crippen molar-refractivity contribution in [1.82, 2.24) is 0 Å². The van der Waals surface area contributed by atoms with Crippen LogP contribution in [0.1, 0.15) is 23.2 Å². The highest BCUT2D eigenvalue weighted by molar-refractivity contribution is 5.75. The van der Waals surface area contributed by atoms with Crippen molar-refractivity contribution in [3.05, 3.63) is 89.7 Å². The predicted molar refractivity (Wildman–Crippen MR) is 98.6 cm³/mol. The summed E-state index contributed by atoms with van der Waals surface area (Å²) in [6.07, 6.45) is 0. The fourth-order valence-corrected chi connectivity index (χ4v) is 3.34. The van der Waals surface area contributed by atoms with E-state index in [9.17, 15) is 4.39 Å². The van der Waals surface area contributed by atoms with Gasteiger partial charge >= 0.3 is 0 Å². The van der Waals surface area contributed by atoms with Crippen molar-refractivity contribution in [3.8, 4) is 5.75 Å². The minimum atomic E-state index is -0.375. The number of halogens is 1. The monoisotopic (exact) mass is 334 g/mol. The van der Waals surface area contributed by atoms with E-state index in [1.165, 1.54) is 7.11 Å². The van der Waals surface area contributed by atoms with Crippen LogP contribution < -0.4 is 15.4 Å². The van der Waals surface area contributed by atoms with Gasteiger partial charge in [-0.05, 0) is 23.3 Å². The molecule has 2 N–H and O–H groups in total. The van der Waals surface area contributed by atoms with Crippen LogP contribution in [0.15, 0.2) is 72.8 Å². The fraction of sp³-hybridized carbons (Fsp3) is 0.143. The number of benzene rings is 3. The average Bonchev–Trinajstić information content (AvgIpc) is 2.69. The van der Waals surface area contributed by atoms with Crippen LogP contribution in [0.25, 0.3) is 0 Å². The molecule has 1 heterocycles. The van der Waals surface area contributed by atoms with Gasteiger partial charge in [-0.3, -0.25) is 0 Å². The Morgan fingerprint density at radius 1 is 0.760 bits per heavy atom. The van der Waals surface area contributed by atoms with E-state index in [2.05, 4.69) is 34.9 Å². The zero-order valence-corrected chi connectivity index (χ0v) is 13.9. The number of ether oxygens (including phenoxy) is 1. The standard InChI is InChI=1S/C21H19FN2O/c1-25-17-13-12-16-21(18(17)22)24-20(15-10-6-3-7-11-15)19(23-16)14-8-4-2-5-9-14/h2-13,19-20,23-24H,1H3. The van der Waals surface area contributed by atoms with Gasteiger partial charge in [0.05, 0.1) is 30.6 Å². The van der Waals surface area contributed by atoms with Gasteiger partial charge in [0.15, 0.2) is 11.6 Å². The van der Waals surface area contributed by atoms with Gasteiger partial charge in [-0.25, -0.2) is 4.39 Å². The Morgan fingerprint density at radius 3 is 1.88 bits per heavy atom. The lowest BCUT2D eigenvalue weighted by atomic mass is 9.90. The molecule has 3 nitrogen and oxygen atoms in total. The molecule has 0 spiro atoms. The summed E-state index contributed by atoms with van der Waals surface area (Å²) in [4.78, 5) is 0. The normalized spacial score (nSPS) is 18.6. The van der Waals surface area contributed by atoms with Crippen LogP contribution >= 0.6 is 0 Å². The van der Waals surface area contributed by atoms with Crippen LogP contribution in [0.5, 0.6) is 5.75 Å². The lowest BCUT2D eigenvalue weighted by Crippen LogP contribution is -2.30. The zero-order chi connectivity index (χ0) is 17.2. The van der Waals surface area contributed by atoms with Crippen molar-refractivity contribution < 1.29 is 9.13 Å². The third-order valence-electron chi connectivity index (χ3n) is 4.59. The molecule has 126 valence electrons. The first-order valence-electron chi connectivity index (χ1n) is 8.27. The van der Waals surface area contributed by atoms with Crippen LogP contribution in [0.3, 0.4) is 0 Å². The Labute approximate surface area is 146 Å². The molecule has 1 aliphatic rings. The molecule has 25 heavy (non-hydrogen) atoms. The lowest BCUT2D eigenvalue weighted by molar-refractivity contribution is 0.386. The average molecular weight is 334 g/mol. The maximum atomic E-state index is 14.7. The van der Waals surface area contributed by atoms with Gasteiger partial charge in [-0.2, -0.15) is 0 Å². The van der Waals surface area contributed by atoms with Gasteiger partial charge in [0.25, 0.3) is 0 Å². The second-order valence-electron chi connectivity index (χ2n) is 6.07. The Morgan fingerprint density at radius 2 is 1.32 bits per heavy atom. The summed E-state index contributed by atoms with van der Waals surface area (Å²) in [6, 6.07) is 23.7. The lowest BCUT2D eigenvalue weighted by Gasteiger charge is -2.37. The Balaban J connectivity index is 1.82. The molecule has 2 atom stereocenters. The third kappa shape index (κ3) is 2.80. The fourth-order valence-electron chi connectivity index (χ4n) is 3.34. The topological polar surface area (TPSA) is 33.3 Å². The summed E-state index contributed by atoms with van der Waals surface area (Å²) in [7, 11) is 1.47. The summed E-state index contributed by atoms with van der Waals surface area (Å²) < 4.78 is 19.9. The maximum absolute atomic E-state index is 14.7. The quantitative estimate of drug-likeness (QED) is 0.694. The van der Waals surface area contributed by atoms with Crippen LogP contribution in [0.4, 0.5) is 15.8 Å².